The lowest BCUT2D eigenvalue weighted by atomic mass is 10.00. The smallest absolute Gasteiger partial charge is 0.390 e. The molecule has 1 heterocycles. The Morgan fingerprint density at radius 1 is 1.07 bits per heavy atom. The van der Waals surface area contributed by atoms with Crippen molar-refractivity contribution in [2.75, 3.05) is 26.4 Å². The van der Waals surface area contributed by atoms with E-state index >= 15 is 4.39 Å². The number of hydrogen-bond acceptors (Lipinski definition) is 4. The van der Waals surface area contributed by atoms with E-state index in [0.29, 0.717) is 11.3 Å². The van der Waals surface area contributed by atoms with Crippen LogP contribution in [0.2, 0.25) is 0 Å². The van der Waals surface area contributed by atoms with Crippen LogP contribution in [0.5, 0.6) is 5.75 Å². The minimum Gasteiger partial charge on any atom is -0.491 e. The first kappa shape index (κ1) is 30.3. The van der Waals surface area contributed by atoms with Gasteiger partial charge in [0.05, 0.1) is 18.3 Å². The predicted octanol–water partition coefficient (Wildman–Crippen LogP) is 5.30. The van der Waals surface area contributed by atoms with Gasteiger partial charge in [0.2, 0.25) is 7.37 Å². The minimum atomic E-state index is -4.35. The Morgan fingerprint density at radius 3 is 2.39 bits per heavy atom. The van der Waals surface area contributed by atoms with Crippen LogP contribution in [-0.4, -0.2) is 54.1 Å². The van der Waals surface area contributed by atoms with Crippen LogP contribution in [-0.2, 0) is 17.5 Å². The number of nitrogens with one attached hydrogen (secondary N) is 1. The van der Waals surface area contributed by atoms with Crippen LogP contribution in [0.4, 0.5) is 17.6 Å². The zero-order valence-corrected chi connectivity index (χ0v) is 23.3. The molecular weight excluding hydrogens is 563 g/mol. The molecule has 0 spiro atoms. The average Bonchev–Trinajstić information content (AvgIpc) is 3.13. The third-order valence-corrected chi connectivity index (χ3v) is 8.00. The molecule has 0 saturated heterocycles. The van der Waals surface area contributed by atoms with E-state index in [0.717, 1.165) is 17.8 Å². The van der Waals surface area contributed by atoms with Crippen LogP contribution in [0, 0.1) is 5.82 Å². The van der Waals surface area contributed by atoms with E-state index in [9.17, 15) is 32.2 Å². The molecule has 1 aliphatic heterocycles. The van der Waals surface area contributed by atoms with E-state index in [1.807, 2.05) is 12.1 Å². The van der Waals surface area contributed by atoms with Gasteiger partial charge in [-0.3, -0.25) is 14.2 Å². The summed E-state index contributed by atoms with van der Waals surface area (Å²) in [5.41, 5.74) is 2.61. The monoisotopic (exact) mass is 592 g/mol. The Bertz CT molecular complexity index is 1500. The topological polar surface area (TPSA) is 95.9 Å². The number of benzene rings is 3. The summed E-state index contributed by atoms with van der Waals surface area (Å²) in [6, 6.07) is 14.4. The Kier molecular flexibility index (Phi) is 8.89. The van der Waals surface area contributed by atoms with Gasteiger partial charge < -0.3 is 19.8 Å². The summed E-state index contributed by atoms with van der Waals surface area (Å²) < 4.78 is 70.1. The minimum absolute atomic E-state index is 0.0743. The van der Waals surface area contributed by atoms with Gasteiger partial charge in [-0.25, -0.2) is 4.39 Å². The standard InChI is InChI=1S/C29H29F4N2O5P/c1-3-22-23(9-11-25(26(22)30)41(2,38)39)28(37)35-14-15-40-24-10-8-20(16-21(24)17-35)18-4-6-19(7-5-18)27(36)34-13-12-29(31,32)33/h4-11,16H,3,12-15,17H2,1-2H3,(H,34,36)(H,38,39). The van der Waals surface area contributed by atoms with E-state index < -0.39 is 44.1 Å². The SMILES string of the molecule is CCc1c(C(=O)N2CCOc3ccc(-c4ccc(C(=O)NCCC(F)(F)F)cc4)cc3C2)ccc(P(C)(=O)O)c1F. The number of alkyl halides is 3. The van der Waals surface area contributed by atoms with E-state index in [1.165, 1.54) is 29.2 Å². The second-order valence-corrected chi connectivity index (χ2v) is 12.0. The van der Waals surface area contributed by atoms with Crippen molar-refractivity contribution < 1.29 is 41.3 Å². The first-order valence-electron chi connectivity index (χ1n) is 12.9. The van der Waals surface area contributed by atoms with Crippen LogP contribution in [0.25, 0.3) is 11.1 Å². The van der Waals surface area contributed by atoms with Crippen molar-refractivity contribution in [1.82, 2.24) is 10.2 Å². The van der Waals surface area contributed by atoms with Gasteiger partial charge in [-0.05, 0) is 53.9 Å². The first-order chi connectivity index (χ1) is 19.3. The molecule has 2 N–H and O–H groups in total. The Hall–Kier alpha value is -3.69. The molecule has 218 valence electrons. The molecule has 41 heavy (non-hydrogen) atoms. The van der Waals surface area contributed by atoms with Gasteiger partial charge >= 0.3 is 6.18 Å². The van der Waals surface area contributed by atoms with Crippen molar-refractivity contribution in [2.24, 2.45) is 0 Å². The second-order valence-electron chi connectivity index (χ2n) is 9.75. The van der Waals surface area contributed by atoms with Gasteiger partial charge in [-0.15, -0.1) is 0 Å². The number of halogens is 4. The number of hydrogen-bond donors (Lipinski definition) is 2. The van der Waals surface area contributed by atoms with Crippen molar-refractivity contribution in [3.63, 3.8) is 0 Å². The van der Waals surface area contributed by atoms with Gasteiger partial charge in [0.15, 0.2) is 0 Å². The number of fused-ring (bicyclic) bond motifs is 1. The molecular formula is C29H29F4N2O5P. The van der Waals surface area contributed by atoms with Crippen LogP contribution >= 0.6 is 7.37 Å². The highest BCUT2D eigenvalue weighted by Crippen LogP contribution is 2.37. The zero-order chi connectivity index (χ0) is 29.9. The van der Waals surface area contributed by atoms with Gasteiger partial charge in [0.1, 0.15) is 18.2 Å². The van der Waals surface area contributed by atoms with Gasteiger partial charge in [0.25, 0.3) is 11.8 Å². The summed E-state index contributed by atoms with van der Waals surface area (Å²) in [4.78, 5) is 37.1. The molecule has 1 unspecified atom stereocenters. The Morgan fingerprint density at radius 2 is 1.76 bits per heavy atom. The maximum Gasteiger partial charge on any atom is 0.390 e. The number of ether oxygens (including phenoxy) is 1. The van der Waals surface area contributed by atoms with Crippen molar-refractivity contribution in [3.8, 4) is 16.9 Å². The van der Waals surface area contributed by atoms with E-state index in [2.05, 4.69) is 5.32 Å². The highest BCUT2D eigenvalue weighted by molar-refractivity contribution is 7.65. The third kappa shape index (κ3) is 7.15. The number of nitrogens with zero attached hydrogens (tertiary/aromatic N) is 1. The molecule has 0 radical (unpaired) electrons. The summed E-state index contributed by atoms with van der Waals surface area (Å²) in [5.74, 6) is -1.31. The highest BCUT2D eigenvalue weighted by atomic mass is 31.2. The fourth-order valence-corrected chi connectivity index (χ4v) is 5.48. The second kappa shape index (κ2) is 12.0. The molecule has 0 bridgehead atoms. The third-order valence-electron chi connectivity index (χ3n) is 6.76. The van der Waals surface area contributed by atoms with Gasteiger partial charge in [0, 0.05) is 42.0 Å². The molecule has 7 nitrogen and oxygen atoms in total. The number of carbonyl (C=O) groups is 2. The molecule has 0 saturated carbocycles. The summed E-state index contributed by atoms with van der Waals surface area (Å²) in [6.45, 7) is 2.82. The molecule has 3 aromatic carbocycles. The van der Waals surface area contributed by atoms with Gasteiger partial charge in [-0.2, -0.15) is 13.2 Å². The predicted molar refractivity (Wildman–Crippen MR) is 146 cm³/mol. The lowest BCUT2D eigenvalue weighted by Gasteiger charge is -2.22. The fraction of sp³-hybridized carbons (Fsp3) is 0.310. The Labute approximate surface area is 234 Å². The average molecular weight is 593 g/mol. The number of carbonyl (C=O) groups excluding carboxylic acids is 2. The Balaban J connectivity index is 1.54. The van der Waals surface area contributed by atoms with Crippen molar-refractivity contribution in [2.45, 2.75) is 32.5 Å². The van der Waals surface area contributed by atoms with Crippen LogP contribution < -0.4 is 15.4 Å². The maximum atomic E-state index is 15.1. The molecule has 12 heteroatoms. The molecule has 1 atom stereocenters. The summed E-state index contributed by atoms with van der Waals surface area (Å²) in [7, 11) is -3.87. The molecule has 0 aliphatic carbocycles. The number of rotatable bonds is 7. The molecule has 3 aromatic rings. The normalized spacial score (nSPS) is 14.9. The molecule has 0 aromatic heterocycles. The zero-order valence-electron chi connectivity index (χ0n) is 22.4. The first-order valence-corrected chi connectivity index (χ1v) is 15.0. The molecule has 0 fully saturated rings. The largest absolute Gasteiger partial charge is 0.491 e. The summed E-state index contributed by atoms with van der Waals surface area (Å²) in [5, 5.41) is 1.94. The lowest BCUT2D eigenvalue weighted by Crippen LogP contribution is -2.33. The van der Waals surface area contributed by atoms with Crippen LogP contribution in [0.1, 0.15) is 45.2 Å². The van der Waals surface area contributed by atoms with Gasteiger partial charge in [-0.1, -0.05) is 25.1 Å². The summed E-state index contributed by atoms with van der Waals surface area (Å²) in [6.07, 6.45) is -5.31. The highest BCUT2D eigenvalue weighted by Gasteiger charge is 2.29. The van der Waals surface area contributed by atoms with Crippen LogP contribution in [0.3, 0.4) is 0 Å². The van der Waals surface area contributed by atoms with Crippen molar-refractivity contribution in [1.29, 1.82) is 0 Å². The van der Waals surface area contributed by atoms with Crippen molar-refractivity contribution >= 4 is 24.5 Å². The molecule has 1 aliphatic rings. The van der Waals surface area contributed by atoms with E-state index in [-0.39, 0.29) is 48.1 Å². The summed E-state index contributed by atoms with van der Waals surface area (Å²) >= 11 is 0. The number of amides is 2. The van der Waals surface area contributed by atoms with Crippen LogP contribution in [0.15, 0.2) is 54.6 Å². The molecule has 4 rings (SSSR count). The maximum absolute atomic E-state index is 15.1. The quantitative estimate of drug-likeness (QED) is 0.287. The van der Waals surface area contributed by atoms with E-state index in [4.69, 9.17) is 4.74 Å². The fourth-order valence-electron chi connectivity index (χ4n) is 4.63. The lowest BCUT2D eigenvalue weighted by molar-refractivity contribution is -0.133. The van der Waals surface area contributed by atoms with Crippen molar-refractivity contribution in [3.05, 3.63) is 82.7 Å². The van der Waals surface area contributed by atoms with E-state index in [1.54, 1.807) is 25.1 Å². The molecule has 2 amide bonds.